The number of rotatable bonds is 6. The third-order valence-electron chi connectivity index (χ3n) is 6.29. The van der Waals surface area contributed by atoms with E-state index in [-0.39, 0.29) is 5.91 Å². The number of benzene rings is 2. The highest BCUT2D eigenvalue weighted by molar-refractivity contribution is 6.11. The van der Waals surface area contributed by atoms with Crippen molar-refractivity contribution in [1.82, 2.24) is 10.2 Å². The van der Waals surface area contributed by atoms with Gasteiger partial charge in [-0.2, -0.15) is 0 Å². The molecule has 2 aromatic rings. The summed E-state index contributed by atoms with van der Waals surface area (Å²) in [6.45, 7) is 2.04. The second-order valence-electron chi connectivity index (χ2n) is 8.57. The first-order valence-corrected chi connectivity index (χ1v) is 11.2. The van der Waals surface area contributed by atoms with E-state index in [1.165, 1.54) is 0 Å². The Morgan fingerprint density at radius 3 is 2.34 bits per heavy atom. The summed E-state index contributed by atoms with van der Waals surface area (Å²) < 4.78 is 5.76. The molecule has 0 radical (unpaired) electrons. The van der Waals surface area contributed by atoms with E-state index in [2.05, 4.69) is 10.6 Å². The predicted molar refractivity (Wildman–Crippen MR) is 121 cm³/mol. The van der Waals surface area contributed by atoms with Gasteiger partial charge < -0.3 is 15.4 Å². The maximum atomic E-state index is 13.1. The van der Waals surface area contributed by atoms with Gasteiger partial charge >= 0.3 is 6.03 Å². The molecule has 2 N–H and O–H groups in total. The molecular weight excluding hydrogens is 406 g/mol. The van der Waals surface area contributed by atoms with Gasteiger partial charge in [0, 0.05) is 5.69 Å². The van der Waals surface area contributed by atoms with Gasteiger partial charge in [-0.05, 0) is 49.6 Å². The second-order valence-corrected chi connectivity index (χ2v) is 8.57. The smallest absolute Gasteiger partial charge is 0.325 e. The molecule has 2 fully saturated rings. The number of hydrogen-bond acceptors (Lipinski definition) is 4. The zero-order chi connectivity index (χ0) is 22.6. The van der Waals surface area contributed by atoms with Crippen LogP contribution in [0.15, 0.2) is 54.6 Å². The van der Waals surface area contributed by atoms with Gasteiger partial charge in [0.15, 0.2) is 0 Å². The Hall–Kier alpha value is -3.35. The SMILES string of the molecule is C[C@H](C(=O)Nc1ccc(OCc2ccccc2)cc1)N1C(=O)NC2(CCCCCC2)C1=O. The van der Waals surface area contributed by atoms with Gasteiger partial charge in [0.2, 0.25) is 5.91 Å². The van der Waals surface area contributed by atoms with Crippen molar-refractivity contribution < 1.29 is 19.1 Å². The van der Waals surface area contributed by atoms with Crippen LogP contribution < -0.4 is 15.4 Å². The molecule has 0 unspecified atom stereocenters. The summed E-state index contributed by atoms with van der Waals surface area (Å²) >= 11 is 0. The van der Waals surface area contributed by atoms with Crippen molar-refractivity contribution in [1.29, 1.82) is 0 Å². The quantitative estimate of drug-likeness (QED) is 0.665. The van der Waals surface area contributed by atoms with Crippen LogP contribution in [-0.2, 0) is 16.2 Å². The van der Waals surface area contributed by atoms with Gasteiger partial charge in [-0.1, -0.05) is 56.0 Å². The average molecular weight is 436 g/mol. The van der Waals surface area contributed by atoms with Crippen molar-refractivity contribution in [2.24, 2.45) is 0 Å². The molecule has 0 bridgehead atoms. The first-order chi connectivity index (χ1) is 15.5. The van der Waals surface area contributed by atoms with Crippen molar-refractivity contribution in [3.8, 4) is 5.75 Å². The van der Waals surface area contributed by atoms with Crippen LogP contribution in [0, 0.1) is 0 Å². The molecule has 4 rings (SSSR count). The summed E-state index contributed by atoms with van der Waals surface area (Å²) in [7, 11) is 0. The largest absolute Gasteiger partial charge is 0.489 e. The zero-order valence-corrected chi connectivity index (χ0v) is 18.3. The maximum absolute atomic E-state index is 13.1. The van der Waals surface area contributed by atoms with Crippen molar-refractivity contribution in [3.63, 3.8) is 0 Å². The van der Waals surface area contributed by atoms with E-state index < -0.39 is 23.5 Å². The molecule has 32 heavy (non-hydrogen) atoms. The molecular formula is C25H29N3O4. The van der Waals surface area contributed by atoms with E-state index in [1.807, 2.05) is 30.3 Å². The molecule has 4 amide bonds. The molecule has 1 spiro atoms. The number of urea groups is 1. The average Bonchev–Trinajstić information content (AvgIpc) is 2.94. The Bertz CT molecular complexity index is 966. The minimum absolute atomic E-state index is 0.281. The number of imide groups is 1. The minimum Gasteiger partial charge on any atom is -0.489 e. The normalized spacial score (nSPS) is 18.7. The lowest BCUT2D eigenvalue weighted by Gasteiger charge is -2.26. The first kappa shape index (κ1) is 21.9. The standard InChI is InChI=1S/C25H29N3O4/c1-18(28-23(30)25(27-24(28)31)15-7-2-3-8-16-25)22(29)26-20-11-13-21(14-12-20)32-17-19-9-5-4-6-10-19/h4-6,9-14,18H,2-3,7-8,15-17H2,1H3,(H,26,29)(H,27,31)/t18-/m1/s1. The van der Waals surface area contributed by atoms with Crippen molar-refractivity contribution in [2.45, 2.75) is 63.6 Å². The summed E-state index contributed by atoms with van der Waals surface area (Å²) in [6, 6.07) is 15.5. The fourth-order valence-corrected chi connectivity index (χ4v) is 4.40. The Labute approximate surface area is 188 Å². The summed E-state index contributed by atoms with van der Waals surface area (Å²) in [6.07, 6.45) is 5.19. The second kappa shape index (κ2) is 9.42. The van der Waals surface area contributed by atoms with Gasteiger partial charge in [0.25, 0.3) is 5.91 Å². The third-order valence-corrected chi connectivity index (χ3v) is 6.29. The topological polar surface area (TPSA) is 87.7 Å². The molecule has 1 saturated heterocycles. The Kier molecular flexibility index (Phi) is 6.44. The van der Waals surface area contributed by atoms with E-state index in [9.17, 15) is 14.4 Å². The molecule has 7 nitrogen and oxygen atoms in total. The highest BCUT2D eigenvalue weighted by Crippen LogP contribution is 2.33. The number of anilines is 1. The van der Waals surface area contributed by atoms with Crippen LogP contribution in [0.2, 0.25) is 0 Å². The summed E-state index contributed by atoms with van der Waals surface area (Å²) in [5.74, 6) is -0.00172. The van der Waals surface area contributed by atoms with Crippen LogP contribution in [0.4, 0.5) is 10.5 Å². The van der Waals surface area contributed by atoms with E-state index >= 15 is 0 Å². The molecule has 7 heteroatoms. The Balaban J connectivity index is 1.36. The molecule has 2 aliphatic rings. The van der Waals surface area contributed by atoms with Gasteiger partial charge in [-0.25, -0.2) is 9.69 Å². The fourth-order valence-electron chi connectivity index (χ4n) is 4.40. The van der Waals surface area contributed by atoms with Gasteiger partial charge in [0.1, 0.15) is 23.9 Å². The molecule has 2 aromatic carbocycles. The molecule has 0 aromatic heterocycles. The van der Waals surface area contributed by atoms with Crippen LogP contribution in [0.25, 0.3) is 0 Å². The third kappa shape index (κ3) is 4.61. The van der Waals surface area contributed by atoms with Crippen molar-refractivity contribution in [3.05, 3.63) is 60.2 Å². The molecule has 1 aliphatic carbocycles. The van der Waals surface area contributed by atoms with Gasteiger partial charge in [0.05, 0.1) is 0 Å². The fraction of sp³-hybridized carbons (Fsp3) is 0.400. The highest BCUT2D eigenvalue weighted by atomic mass is 16.5. The number of amides is 4. The van der Waals surface area contributed by atoms with Gasteiger partial charge in [-0.3, -0.25) is 9.59 Å². The molecule has 1 atom stereocenters. The zero-order valence-electron chi connectivity index (χ0n) is 18.3. The number of hydrogen-bond donors (Lipinski definition) is 2. The van der Waals surface area contributed by atoms with E-state index in [1.54, 1.807) is 31.2 Å². The maximum Gasteiger partial charge on any atom is 0.325 e. The summed E-state index contributed by atoms with van der Waals surface area (Å²) in [4.78, 5) is 39.6. The summed E-state index contributed by atoms with van der Waals surface area (Å²) in [5, 5.41) is 5.68. The van der Waals surface area contributed by atoms with Crippen LogP contribution in [0.3, 0.4) is 0 Å². The number of nitrogens with one attached hydrogen (secondary N) is 2. The predicted octanol–water partition coefficient (Wildman–Crippen LogP) is 4.24. The van der Waals surface area contributed by atoms with Crippen molar-refractivity contribution in [2.75, 3.05) is 5.32 Å². The molecule has 1 heterocycles. The number of ether oxygens (including phenoxy) is 1. The van der Waals surface area contributed by atoms with Crippen LogP contribution in [-0.4, -0.2) is 34.3 Å². The van der Waals surface area contributed by atoms with E-state index in [4.69, 9.17) is 4.74 Å². The minimum atomic E-state index is -0.904. The summed E-state index contributed by atoms with van der Waals surface area (Å²) in [5.41, 5.74) is 0.795. The Morgan fingerprint density at radius 2 is 1.69 bits per heavy atom. The van der Waals surface area contributed by atoms with Crippen LogP contribution in [0.5, 0.6) is 5.75 Å². The lowest BCUT2D eigenvalue weighted by molar-refractivity contribution is -0.136. The van der Waals surface area contributed by atoms with E-state index in [0.717, 1.165) is 36.1 Å². The highest BCUT2D eigenvalue weighted by Gasteiger charge is 2.53. The number of carbonyl (C=O) groups is 3. The molecule has 1 saturated carbocycles. The van der Waals surface area contributed by atoms with Crippen molar-refractivity contribution >= 4 is 23.5 Å². The lowest BCUT2D eigenvalue weighted by Crippen LogP contribution is -2.49. The first-order valence-electron chi connectivity index (χ1n) is 11.2. The number of nitrogens with zero attached hydrogens (tertiary/aromatic N) is 1. The van der Waals surface area contributed by atoms with Crippen LogP contribution >= 0.6 is 0 Å². The molecule has 168 valence electrons. The Morgan fingerprint density at radius 1 is 1.03 bits per heavy atom. The monoisotopic (exact) mass is 435 g/mol. The van der Waals surface area contributed by atoms with E-state index in [0.29, 0.717) is 30.9 Å². The molecule has 1 aliphatic heterocycles. The lowest BCUT2D eigenvalue weighted by atomic mass is 9.90. The number of carbonyl (C=O) groups excluding carboxylic acids is 3. The van der Waals surface area contributed by atoms with Crippen LogP contribution in [0.1, 0.15) is 51.0 Å². The van der Waals surface area contributed by atoms with Gasteiger partial charge in [-0.15, -0.1) is 0 Å².